The van der Waals surface area contributed by atoms with E-state index in [9.17, 15) is 0 Å². The molecule has 0 atom stereocenters. The highest BCUT2D eigenvalue weighted by molar-refractivity contribution is 7.05. The van der Waals surface area contributed by atoms with Crippen molar-refractivity contribution < 1.29 is 4.52 Å². The van der Waals surface area contributed by atoms with E-state index in [4.69, 9.17) is 4.52 Å². The van der Waals surface area contributed by atoms with Crippen molar-refractivity contribution in [3.63, 3.8) is 0 Å². The summed E-state index contributed by atoms with van der Waals surface area (Å²) < 4.78 is 9.27. The van der Waals surface area contributed by atoms with Crippen molar-refractivity contribution in [1.29, 1.82) is 0 Å². The van der Waals surface area contributed by atoms with Crippen LogP contribution in [0.2, 0.25) is 0 Å². The van der Waals surface area contributed by atoms with Gasteiger partial charge in [-0.1, -0.05) is 19.0 Å². The standard InChI is InChI=1S/C11H17N5OS/c1-7(2)11-13-10(18-15-11)6-16(4)5-9-12-8(3)17-14-9/h7H,5-6H2,1-4H3. The summed E-state index contributed by atoms with van der Waals surface area (Å²) in [6.45, 7) is 7.37. The Hall–Kier alpha value is -1.34. The van der Waals surface area contributed by atoms with Gasteiger partial charge in [-0.2, -0.15) is 9.36 Å². The van der Waals surface area contributed by atoms with Crippen LogP contribution < -0.4 is 0 Å². The number of nitrogens with zero attached hydrogens (tertiary/aromatic N) is 5. The second-order valence-corrected chi connectivity index (χ2v) is 5.44. The van der Waals surface area contributed by atoms with Crippen LogP contribution in [0.4, 0.5) is 0 Å². The normalized spacial score (nSPS) is 11.7. The molecule has 0 bridgehead atoms. The molecule has 2 rings (SSSR count). The van der Waals surface area contributed by atoms with Gasteiger partial charge in [0.2, 0.25) is 5.89 Å². The van der Waals surface area contributed by atoms with Crippen LogP contribution in [-0.4, -0.2) is 31.4 Å². The summed E-state index contributed by atoms with van der Waals surface area (Å²) in [5, 5.41) is 4.89. The van der Waals surface area contributed by atoms with Gasteiger partial charge in [0.1, 0.15) is 10.8 Å². The molecule has 0 radical (unpaired) electrons. The third-order valence-electron chi connectivity index (χ3n) is 2.39. The highest BCUT2D eigenvalue weighted by atomic mass is 32.1. The summed E-state index contributed by atoms with van der Waals surface area (Å²) in [6.07, 6.45) is 0. The Morgan fingerprint density at radius 3 is 2.61 bits per heavy atom. The highest BCUT2D eigenvalue weighted by Gasteiger charge is 2.11. The van der Waals surface area contributed by atoms with Crippen LogP contribution in [0.1, 0.15) is 42.3 Å². The molecule has 0 unspecified atom stereocenters. The second-order valence-electron chi connectivity index (χ2n) is 4.60. The molecule has 6 nitrogen and oxygen atoms in total. The molecule has 0 saturated heterocycles. The topological polar surface area (TPSA) is 67.9 Å². The van der Waals surface area contributed by atoms with Gasteiger partial charge in [0.15, 0.2) is 5.82 Å². The van der Waals surface area contributed by atoms with Crippen molar-refractivity contribution in [2.75, 3.05) is 7.05 Å². The summed E-state index contributed by atoms with van der Waals surface area (Å²) in [6, 6.07) is 0. The highest BCUT2D eigenvalue weighted by Crippen LogP contribution is 2.15. The Bertz CT molecular complexity index is 507. The minimum absolute atomic E-state index is 0.375. The van der Waals surface area contributed by atoms with Gasteiger partial charge < -0.3 is 4.52 Å². The zero-order valence-electron chi connectivity index (χ0n) is 11.0. The number of rotatable bonds is 5. The van der Waals surface area contributed by atoms with Gasteiger partial charge >= 0.3 is 0 Å². The quantitative estimate of drug-likeness (QED) is 0.825. The molecule has 0 N–H and O–H groups in total. The third-order valence-corrected chi connectivity index (χ3v) is 3.10. The van der Waals surface area contributed by atoms with Crippen LogP contribution in [0.15, 0.2) is 4.52 Å². The van der Waals surface area contributed by atoms with Gasteiger partial charge in [0.05, 0.1) is 13.1 Å². The molecule has 7 heteroatoms. The fourth-order valence-electron chi connectivity index (χ4n) is 1.50. The van der Waals surface area contributed by atoms with E-state index in [-0.39, 0.29) is 0 Å². The fourth-order valence-corrected chi connectivity index (χ4v) is 2.36. The van der Waals surface area contributed by atoms with E-state index in [1.54, 1.807) is 6.92 Å². The summed E-state index contributed by atoms with van der Waals surface area (Å²) in [5.74, 6) is 2.58. The summed E-state index contributed by atoms with van der Waals surface area (Å²) in [7, 11) is 2.00. The minimum Gasteiger partial charge on any atom is -0.340 e. The van der Waals surface area contributed by atoms with E-state index >= 15 is 0 Å². The molecule has 0 fully saturated rings. The van der Waals surface area contributed by atoms with Gasteiger partial charge in [-0.05, 0) is 18.6 Å². The first kappa shape index (κ1) is 13.1. The van der Waals surface area contributed by atoms with Crippen LogP contribution in [0, 0.1) is 6.92 Å². The summed E-state index contributed by atoms with van der Waals surface area (Å²) in [5.41, 5.74) is 0. The lowest BCUT2D eigenvalue weighted by Gasteiger charge is -2.11. The average molecular weight is 267 g/mol. The van der Waals surface area contributed by atoms with Crippen molar-refractivity contribution in [2.24, 2.45) is 0 Å². The molecule has 0 amide bonds. The van der Waals surface area contributed by atoms with Crippen LogP contribution >= 0.6 is 11.5 Å². The van der Waals surface area contributed by atoms with Crippen LogP contribution in [0.5, 0.6) is 0 Å². The molecule has 0 spiro atoms. The van der Waals surface area contributed by atoms with E-state index < -0.39 is 0 Å². The Labute approximate surface area is 110 Å². The van der Waals surface area contributed by atoms with Crippen molar-refractivity contribution in [1.82, 2.24) is 24.4 Å². The maximum atomic E-state index is 4.94. The van der Waals surface area contributed by atoms with Crippen molar-refractivity contribution in [3.05, 3.63) is 22.5 Å². The Morgan fingerprint density at radius 1 is 1.28 bits per heavy atom. The number of aromatic nitrogens is 4. The molecule has 0 aliphatic rings. The van der Waals surface area contributed by atoms with E-state index in [1.165, 1.54) is 11.5 Å². The SMILES string of the molecule is Cc1nc(CN(C)Cc2nc(C(C)C)ns2)no1. The predicted molar refractivity (Wildman–Crippen MR) is 68.2 cm³/mol. The van der Waals surface area contributed by atoms with Gasteiger partial charge in [0, 0.05) is 12.8 Å². The van der Waals surface area contributed by atoms with E-state index in [0.29, 0.717) is 24.2 Å². The van der Waals surface area contributed by atoms with Gasteiger partial charge in [-0.3, -0.25) is 4.90 Å². The second kappa shape index (κ2) is 5.53. The summed E-state index contributed by atoms with van der Waals surface area (Å²) in [4.78, 5) is 10.8. The van der Waals surface area contributed by atoms with Crippen molar-refractivity contribution in [2.45, 2.75) is 39.8 Å². The molecule has 98 valence electrons. The lowest BCUT2D eigenvalue weighted by atomic mass is 10.2. The molecule has 0 saturated carbocycles. The number of aryl methyl sites for hydroxylation is 1. The van der Waals surface area contributed by atoms with E-state index in [1.807, 2.05) is 7.05 Å². The van der Waals surface area contributed by atoms with Crippen LogP contribution in [0.3, 0.4) is 0 Å². The molecule has 0 aliphatic carbocycles. The Balaban J connectivity index is 1.92. The first-order valence-electron chi connectivity index (χ1n) is 5.85. The fraction of sp³-hybridized carbons (Fsp3) is 0.636. The number of hydrogen-bond donors (Lipinski definition) is 0. The zero-order chi connectivity index (χ0) is 13.1. The Morgan fingerprint density at radius 2 is 2.06 bits per heavy atom. The lowest BCUT2D eigenvalue weighted by Crippen LogP contribution is -2.18. The van der Waals surface area contributed by atoms with E-state index in [2.05, 4.69) is 38.2 Å². The molecular formula is C11H17N5OS. The molecule has 2 heterocycles. The Kier molecular flexibility index (Phi) is 4.03. The van der Waals surface area contributed by atoms with E-state index in [0.717, 1.165) is 17.4 Å². The summed E-state index contributed by atoms with van der Waals surface area (Å²) >= 11 is 1.45. The molecule has 2 aromatic rings. The van der Waals surface area contributed by atoms with Crippen molar-refractivity contribution in [3.8, 4) is 0 Å². The van der Waals surface area contributed by atoms with Gasteiger partial charge in [0.25, 0.3) is 0 Å². The van der Waals surface area contributed by atoms with Crippen LogP contribution in [-0.2, 0) is 13.1 Å². The van der Waals surface area contributed by atoms with Crippen molar-refractivity contribution >= 4 is 11.5 Å². The largest absolute Gasteiger partial charge is 0.340 e. The van der Waals surface area contributed by atoms with Gasteiger partial charge in [-0.15, -0.1) is 0 Å². The molecule has 0 aromatic carbocycles. The zero-order valence-corrected chi connectivity index (χ0v) is 11.9. The predicted octanol–water partition coefficient (Wildman–Crippen LogP) is 1.98. The smallest absolute Gasteiger partial charge is 0.223 e. The lowest BCUT2D eigenvalue weighted by molar-refractivity contribution is 0.300. The monoisotopic (exact) mass is 267 g/mol. The maximum Gasteiger partial charge on any atom is 0.223 e. The first-order chi connectivity index (χ1) is 8.54. The van der Waals surface area contributed by atoms with Gasteiger partial charge in [-0.25, -0.2) is 4.98 Å². The number of hydrogen-bond acceptors (Lipinski definition) is 7. The maximum absolute atomic E-state index is 4.94. The average Bonchev–Trinajstić information content (AvgIpc) is 2.88. The first-order valence-corrected chi connectivity index (χ1v) is 6.62. The molecular weight excluding hydrogens is 250 g/mol. The molecule has 0 aliphatic heterocycles. The third kappa shape index (κ3) is 3.33. The molecule has 2 aromatic heterocycles. The minimum atomic E-state index is 0.375. The molecule has 18 heavy (non-hydrogen) atoms. The van der Waals surface area contributed by atoms with Crippen LogP contribution in [0.25, 0.3) is 0 Å².